The van der Waals surface area contributed by atoms with Crippen LogP contribution < -0.4 is 10.1 Å². The molecular formula is C15H15FN2O3. The largest absolute Gasteiger partial charge is 0.489 e. The molecule has 0 amide bonds. The van der Waals surface area contributed by atoms with Gasteiger partial charge in [-0.3, -0.25) is 10.1 Å². The predicted molar refractivity (Wildman–Crippen MR) is 76.6 cm³/mol. The Morgan fingerprint density at radius 3 is 2.76 bits per heavy atom. The molecule has 21 heavy (non-hydrogen) atoms. The molecule has 110 valence electrons. The molecule has 2 aromatic carbocycles. The van der Waals surface area contributed by atoms with Crippen LogP contribution in [0.5, 0.6) is 5.75 Å². The van der Waals surface area contributed by atoms with Crippen LogP contribution in [0.1, 0.15) is 11.1 Å². The van der Waals surface area contributed by atoms with Gasteiger partial charge in [-0.15, -0.1) is 0 Å². The Bertz CT molecular complexity index is 647. The first-order valence-corrected chi connectivity index (χ1v) is 6.38. The highest BCUT2D eigenvalue weighted by molar-refractivity contribution is 5.35. The lowest BCUT2D eigenvalue weighted by Crippen LogP contribution is -2.05. The lowest BCUT2D eigenvalue weighted by atomic mass is 10.2. The van der Waals surface area contributed by atoms with E-state index < -0.39 is 10.7 Å². The molecule has 0 aliphatic rings. The SMILES string of the molecule is CNCc1cccc(OCc2cc(F)cc([N+](=O)[O-])c2)c1. The normalized spacial score (nSPS) is 10.4. The number of nitrogens with one attached hydrogen (secondary N) is 1. The molecule has 2 aromatic rings. The van der Waals surface area contributed by atoms with Gasteiger partial charge in [0.05, 0.1) is 11.0 Å². The molecule has 5 nitrogen and oxygen atoms in total. The smallest absolute Gasteiger partial charge is 0.272 e. The van der Waals surface area contributed by atoms with Gasteiger partial charge >= 0.3 is 0 Å². The first-order valence-electron chi connectivity index (χ1n) is 6.38. The van der Waals surface area contributed by atoms with Crippen molar-refractivity contribution >= 4 is 5.69 Å². The lowest BCUT2D eigenvalue weighted by Gasteiger charge is -2.08. The third kappa shape index (κ3) is 4.25. The number of nitro groups is 1. The van der Waals surface area contributed by atoms with Crippen LogP contribution in [-0.2, 0) is 13.2 Å². The average molecular weight is 290 g/mol. The van der Waals surface area contributed by atoms with Crippen molar-refractivity contribution in [3.63, 3.8) is 0 Å². The molecule has 0 aliphatic carbocycles. The molecule has 0 unspecified atom stereocenters. The van der Waals surface area contributed by atoms with Crippen molar-refractivity contribution in [2.24, 2.45) is 0 Å². The summed E-state index contributed by atoms with van der Waals surface area (Å²) in [6, 6.07) is 10.9. The molecule has 1 N–H and O–H groups in total. The highest BCUT2D eigenvalue weighted by Crippen LogP contribution is 2.19. The zero-order valence-electron chi connectivity index (χ0n) is 11.5. The number of rotatable bonds is 6. The molecular weight excluding hydrogens is 275 g/mol. The highest BCUT2D eigenvalue weighted by Gasteiger charge is 2.10. The van der Waals surface area contributed by atoms with E-state index in [0.717, 1.165) is 11.6 Å². The second-order valence-electron chi connectivity index (χ2n) is 4.54. The lowest BCUT2D eigenvalue weighted by molar-refractivity contribution is -0.385. The minimum atomic E-state index is -0.647. The van der Waals surface area contributed by atoms with Crippen molar-refractivity contribution in [2.45, 2.75) is 13.2 Å². The standard InChI is InChI=1S/C15H15FN2O3/c1-17-9-11-3-2-4-15(7-11)21-10-12-5-13(16)8-14(6-12)18(19)20/h2-8,17H,9-10H2,1H3. The molecule has 0 aliphatic heterocycles. The van der Waals surface area contributed by atoms with E-state index >= 15 is 0 Å². The first-order chi connectivity index (χ1) is 10.1. The van der Waals surface area contributed by atoms with E-state index in [1.807, 2.05) is 25.2 Å². The summed E-state index contributed by atoms with van der Waals surface area (Å²) in [7, 11) is 1.85. The number of non-ortho nitro benzene ring substituents is 1. The molecule has 0 heterocycles. The van der Waals surface area contributed by atoms with Gasteiger partial charge in [0.2, 0.25) is 0 Å². The Kier molecular flexibility index (Phi) is 4.84. The number of halogens is 1. The maximum absolute atomic E-state index is 13.3. The van der Waals surface area contributed by atoms with E-state index in [1.54, 1.807) is 6.07 Å². The number of hydrogen-bond donors (Lipinski definition) is 1. The van der Waals surface area contributed by atoms with Crippen LogP contribution in [0.15, 0.2) is 42.5 Å². The molecule has 0 radical (unpaired) electrons. The summed E-state index contributed by atoms with van der Waals surface area (Å²) in [5, 5.41) is 13.7. The van der Waals surface area contributed by atoms with Gasteiger partial charge in [-0.2, -0.15) is 0 Å². The van der Waals surface area contributed by atoms with E-state index in [-0.39, 0.29) is 12.3 Å². The van der Waals surface area contributed by atoms with Crippen molar-refractivity contribution in [1.82, 2.24) is 5.32 Å². The van der Waals surface area contributed by atoms with E-state index in [1.165, 1.54) is 12.1 Å². The Hall–Kier alpha value is -2.47. The third-order valence-electron chi connectivity index (χ3n) is 2.84. The van der Waals surface area contributed by atoms with Gasteiger partial charge in [0.1, 0.15) is 18.2 Å². The fraction of sp³-hybridized carbons (Fsp3) is 0.200. The van der Waals surface area contributed by atoms with Crippen molar-refractivity contribution in [2.75, 3.05) is 7.05 Å². The summed E-state index contributed by atoms with van der Waals surface area (Å²) in [6.07, 6.45) is 0. The van der Waals surface area contributed by atoms with Crippen LogP contribution in [0.25, 0.3) is 0 Å². The summed E-state index contributed by atoms with van der Waals surface area (Å²) >= 11 is 0. The molecule has 0 atom stereocenters. The maximum atomic E-state index is 13.3. The maximum Gasteiger partial charge on any atom is 0.272 e. The summed E-state index contributed by atoms with van der Waals surface area (Å²) in [6.45, 7) is 0.782. The topological polar surface area (TPSA) is 64.4 Å². The highest BCUT2D eigenvalue weighted by atomic mass is 19.1. The van der Waals surface area contributed by atoms with Gasteiger partial charge in [-0.1, -0.05) is 12.1 Å². The van der Waals surface area contributed by atoms with Crippen molar-refractivity contribution in [3.05, 3.63) is 69.5 Å². The fourth-order valence-electron chi connectivity index (χ4n) is 1.94. The van der Waals surface area contributed by atoms with Gasteiger partial charge in [0, 0.05) is 12.6 Å². The van der Waals surface area contributed by atoms with Crippen molar-refractivity contribution in [3.8, 4) is 5.75 Å². The minimum Gasteiger partial charge on any atom is -0.489 e. The molecule has 0 bridgehead atoms. The van der Waals surface area contributed by atoms with Gasteiger partial charge in [0.15, 0.2) is 0 Å². The Balaban J connectivity index is 2.09. The van der Waals surface area contributed by atoms with Crippen LogP contribution in [0.4, 0.5) is 10.1 Å². The van der Waals surface area contributed by atoms with E-state index in [4.69, 9.17) is 4.74 Å². The Morgan fingerprint density at radius 1 is 1.24 bits per heavy atom. The van der Waals surface area contributed by atoms with E-state index in [2.05, 4.69) is 5.32 Å². The number of nitrogens with zero attached hydrogens (tertiary/aromatic N) is 1. The van der Waals surface area contributed by atoms with Gasteiger partial charge < -0.3 is 10.1 Å². The number of benzene rings is 2. The summed E-state index contributed by atoms with van der Waals surface area (Å²) in [5.41, 5.74) is 1.19. The Labute approximate surface area is 121 Å². The molecule has 2 rings (SSSR count). The first kappa shape index (κ1) is 14.9. The summed E-state index contributed by atoms with van der Waals surface area (Å²) in [4.78, 5) is 10.1. The van der Waals surface area contributed by atoms with Gasteiger partial charge in [0.25, 0.3) is 5.69 Å². The second-order valence-corrected chi connectivity index (χ2v) is 4.54. The van der Waals surface area contributed by atoms with Crippen LogP contribution in [-0.4, -0.2) is 12.0 Å². The quantitative estimate of drug-likeness (QED) is 0.656. The zero-order chi connectivity index (χ0) is 15.2. The molecule has 0 saturated carbocycles. The van der Waals surface area contributed by atoms with E-state index in [9.17, 15) is 14.5 Å². The molecule has 0 aromatic heterocycles. The average Bonchev–Trinajstić information content (AvgIpc) is 2.45. The fourth-order valence-corrected chi connectivity index (χ4v) is 1.94. The predicted octanol–water partition coefficient (Wildman–Crippen LogP) is 3.03. The third-order valence-corrected chi connectivity index (χ3v) is 2.84. The monoisotopic (exact) mass is 290 g/mol. The Morgan fingerprint density at radius 2 is 2.05 bits per heavy atom. The second kappa shape index (κ2) is 6.81. The van der Waals surface area contributed by atoms with Crippen LogP contribution in [0, 0.1) is 15.9 Å². The molecule has 6 heteroatoms. The summed E-state index contributed by atoms with van der Waals surface area (Å²) < 4.78 is 18.9. The molecule has 0 fully saturated rings. The van der Waals surface area contributed by atoms with Crippen LogP contribution in [0.2, 0.25) is 0 Å². The van der Waals surface area contributed by atoms with Gasteiger partial charge in [-0.05, 0) is 36.4 Å². The molecule has 0 saturated heterocycles. The number of ether oxygens (including phenoxy) is 1. The van der Waals surface area contributed by atoms with Crippen molar-refractivity contribution in [1.29, 1.82) is 0 Å². The minimum absolute atomic E-state index is 0.0710. The van der Waals surface area contributed by atoms with Crippen molar-refractivity contribution < 1.29 is 14.1 Å². The number of nitro benzene ring substituents is 1. The van der Waals surface area contributed by atoms with E-state index in [0.29, 0.717) is 17.9 Å². The van der Waals surface area contributed by atoms with Crippen LogP contribution in [0.3, 0.4) is 0 Å². The number of hydrogen-bond acceptors (Lipinski definition) is 4. The van der Waals surface area contributed by atoms with Crippen LogP contribution >= 0.6 is 0 Å². The van der Waals surface area contributed by atoms with Gasteiger partial charge in [-0.25, -0.2) is 4.39 Å². The summed E-state index contributed by atoms with van der Waals surface area (Å²) in [5.74, 6) is -0.0126. The zero-order valence-corrected chi connectivity index (χ0v) is 11.5. The molecule has 0 spiro atoms.